The van der Waals surface area contributed by atoms with E-state index in [1.165, 1.54) is 49.6 Å². The summed E-state index contributed by atoms with van der Waals surface area (Å²) >= 11 is 3.28. The molecule has 1 aromatic heterocycles. The first kappa shape index (κ1) is 23.6. The second-order valence-electron chi connectivity index (χ2n) is 7.24. The van der Waals surface area contributed by atoms with Crippen LogP contribution in [0.1, 0.15) is 16.1 Å². The molecular weight excluding hydrogens is 517 g/mol. The van der Waals surface area contributed by atoms with E-state index in [9.17, 15) is 22.8 Å². The summed E-state index contributed by atoms with van der Waals surface area (Å²) in [6, 6.07) is 16.2. The summed E-state index contributed by atoms with van der Waals surface area (Å²) in [5.41, 5.74) is -1.27. The zero-order valence-corrected chi connectivity index (χ0v) is 19.2. The molecule has 0 aliphatic heterocycles. The van der Waals surface area contributed by atoms with E-state index >= 15 is 0 Å². The van der Waals surface area contributed by atoms with Gasteiger partial charge < -0.3 is 13.9 Å². The molecule has 1 heterocycles. The van der Waals surface area contributed by atoms with Crippen molar-refractivity contribution < 1.29 is 31.9 Å². The average Bonchev–Trinajstić information content (AvgIpc) is 2.82. The highest BCUT2D eigenvalue weighted by atomic mass is 79.9. The molecule has 0 saturated carbocycles. The second kappa shape index (κ2) is 9.34. The number of carbonyl (C=O) groups excluding carboxylic acids is 1. The maximum atomic E-state index is 13.8. The number of halogens is 4. The van der Waals surface area contributed by atoms with Crippen LogP contribution in [0.15, 0.2) is 80.4 Å². The Morgan fingerprint density at radius 2 is 1.62 bits per heavy atom. The predicted molar refractivity (Wildman–Crippen MR) is 123 cm³/mol. The van der Waals surface area contributed by atoms with Crippen LogP contribution in [-0.2, 0) is 6.18 Å². The second-order valence-corrected chi connectivity index (χ2v) is 8.15. The lowest BCUT2D eigenvalue weighted by Crippen LogP contribution is -2.16. The number of ether oxygens (including phenoxy) is 2. The minimum Gasteiger partial charge on any atom is -0.497 e. The van der Waals surface area contributed by atoms with E-state index < -0.39 is 22.9 Å². The van der Waals surface area contributed by atoms with Crippen molar-refractivity contribution in [2.75, 3.05) is 13.7 Å². The highest BCUT2D eigenvalue weighted by molar-refractivity contribution is 9.10. The number of rotatable bonds is 6. The van der Waals surface area contributed by atoms with Gasteiger partial charge in [0, 0.05) is 16.1 Å². The molecule has 0 amide bonds. The minimum atomic E-state index is -4.92. The van der Waals surface area contributed by atoms with Gasteiger partial charge in [-0.25, -0.2) is 0 Å². The van der Waals surface area contributed by atoms with Crippen LogP contribution in [0.2, 0.25) is 0 Å². The van der Waals surface area contributed by atoms with Gasteiger partial charge in [0.15, 0.2) is 12.4 Å². The minimum absolute atomic E-state index is 0.0456. The first-order valence-corrected chi connectivity index (χ1v) is 10.7. The molecule has 34 heavy (non-hydrogen) atoms. The van der Waals surface area contributed by atoms with E-state index in [4.69, 9.17) is 13.9 Å². The van der Waals surface area contributed by atoms with Gasteiger partial charge in [-0.2, -0.15) is 13.2 Å². The molecule has 0 radical (unpaired) electrons. The number of hydrogen-bond donors (Lipinski definition) is 0. The van der Waals surface area contributed by atoms with Crippen LogP contribution in [0, 0.1) is 0 Å². The number of hydrogen-bond acceptors (Lipinski definition) is 5. The first-order chi connectivity index (χ1) is 16.2. The lowest BCUT2D eigenvalue weighted by Gasteiger charge is -2.14. The molecule has 0 spiro atoms. The molecule has 0 N–H and O–H groups in total. The summed E-state index contributed by atoms with van der Waals surface area (Å²) in [7, 11) is 1.42. The van der Waals surface area contributed by atoms with Gasteiger partial charge in [-0.05, 0) is 42.0 Å². The molecule has 5 nitrogen and oxygen atoms in total. The topological polar surface area (TPSA) is 65.7 Å². The molecule has 0 atom stereocenters. The van der Waals surface area contributed by atoms with Crippen LogP contribution < -0.4 is 14.9 Å². The fraction of sp³-hybridized carbons (Fsp3) is 0.120. The van der Waals surface area contributed by atoms with Gasteiger partial charge in [-0.1, -0.05) is 40.2 Å². The molecule has 0 bridgehead atoms. The summed E-state index contributed by atoms with van der Waals surface area (Å²) in [6.45, 7) is -0.340. The van der Waals surface area contributed by atoms with Gasteiger partial charge in [-0.15, -0.1) is 0 Å². The Kier molecular flexibility index (Phi) is 6.47. The summed E-state index contributed by atoms with van der Waals surface area (Å²) < 4.78 is 57.9. The van der Waals surface area contributed by atoms with Crippen molar-refractivity contribution in [1.29, 1.82) is 0 Å². The highest BCUT2D eigenvalue weighted by Gasteiger charge is 2.39. The number of benzene rings is 3. The molecule has 0 aliphatic carbocycles. The number of methoxy groups -OCH3 is 1. The Balaban J connectivity index is 1.71. The SMILES string of the molecule is COc1ccc(-c2c(C(F)(F)F)oc3cc(OCC(=O)c4ccc(Br)cc4)ccc3c2=O)cc1. The Morgan fingerprint density at radius 3 is 2.24 bits per heavy atom. The zero-order chi connectivity index (χ0) is 24.5. The monoisotopic (exact) mass is 532 g/mol. The molecule has 0 unspecified atom stereocenters. The molecule has 174 valence electrons. The smallest absolute Gasteiger partial charge is 0.450 e. The number of fused-ring (bicyclic) bond motifs is 1. The van der Waals surface area contributed by atoms with E-state index in [0.717, 1.165) is 4.47 Å². The number of alkyl halides is 3. The van der Waals surface area contributed by atoms with Crippen molar-refractivity contribution in [3.8, 4) is 22.6 Å². The predicted octanol–water partition coefficient (Wildman–Crippen LogP) is 6.51. The summed E-state index contributed by atoms with van der Waals surface area (Å²) in [4.78, 5) is 25.4. The summed E-state index contributed by atoms with van der Waals surface area (Å²) in [5, 5.41) is -0.0506. The van der Waals surface area contributed by atoms with Crippen molar-refractivity contribution in [3.05, 3.63) is 92.7 Å². The number of ketones is 1. The van der Waals surface area contributed by atoms with Gasteiger partial charge in [0.1, 0.15) is 17.1 Å². The fourth-order valence-corrected chi connectivity index (χ4v) is 3.62. The molecule has 9 heteroatoms. The molecule has 0 aliphatic rings. The van der Waals surface area contributed by atoms with Gasteiger partial charge in [0.05, 0.1) is 18.1 Å². The van der Waals surface area contributed by atoms with E-state index in [-0.39, 0.29) is 34.7 Å². The zero-order valence-electron chi connectivity index (χ0n) is 17.6. The van der Waals surface area contributed by atoms with E-state index in [2.05, 4.69) is 15.9 Å². The van der Waals surface area contributed by atoms with Gasteiger partial charge in [0.2, 0.25) is 11.2 Å². The third kappa shape index (κ3) is 4.84. The summed E-state index contributed by atoms with van der Waals surface area (Å²) in [5.74, 6) is -1.22. The molecule has 4 aromatic rings. The van der Waals surface area contributed by atoms with Crippen LogP contribution in [-0.4, -0.2) is 19.5 Å². The van der Waals surface area contributed by atoms with Crippen LogP contribution in [0.3, 0.4) is 0 Å². The fourth-order valence-electron chi connectivity index (χ4n) is 3.35. The maximum Gasteiger partial charge on any atom is 0.450 e. The van der Waals surface area contributed by atoms with Crippen molar-refractivity contribution >= 4 is 32.7 Å². The van der Waals surface area contributed by atoms with Crippen LogP contribution in [0.5, 0.6) is 11.5 Å². The van der Waals surface area contributed by atoms with Crippen molar-refractivity contribution in [1.82, 2.24) is 0 Å². The molecule has 4 rings (SSSR count). The molecule has 0 saturated heterocycles. The lowest BCUT2D eigenvalue weighted by molar-refractivity contribution is -0.152. The average molecular weight is 533 g/mol. The van der Waals surface area contributed by atoms with Crippen molar-refractivity contribution in [2.45, 2.75) is 6.18 Å². The third-order valence-corrected chi connectivity index (χ3v) is 5.56. The van der Waals surface area contributed by atoms with E-state index in [1.54, 1.807) is 24.3 Å². The van der Waals surface area contributed by atoms with E-state index in [0.29, 0.717) is 11.3 Å². The maximum absolute atomic E-state index is 13.8. The van der Waals surface area contributed by atoms with Crippen LogP contribution >= 0.6 is 15.9 Å². The largest absolute Gasteiger partial charge is 0.497 e. The number of Topliss-reactive ketones (excluding diaryl/α,β-unsaturated/α-hetero) is 1. The van der Waals surface area contributed by atoms with Crippen LogP contribution in [0.25, 0.3) is 22.1 Å². The highest BCUT2D eigenvalue weighted by Crippen LogP contribution is 2.38. The Bertz CT molecular complexity index is 1410. The van der Waals surface area contributed by atoms with E-state index in [1.807, 2.05) is 0 Å². The van der Waals surface area contributed by atoms with Gasteiger partial charge >= 0.3 is 6.18 Å². The Labute approximate surface area is 199 Å². The normalized spacial score (nSPS) is 11.4. The van der Waals surface area contributed by atoms with Gasteiger partial charge in [-0.3, -0.25) is 9.59 Å². The molecule has 0 fully saturated rings. The van der Waals surface area contributed by atoms with Crippen molar-refractivity contribution in [3.63, 3.8) is 0 Å². The lowest BCUT2D eigenvalue weighted by atomic mass is 10.0. The Morgan fingerprint density at radius 1 is 0.971 bits per heavy atom. The van der Waals surface area contributed by atoms with Crippen molar-refractivity contribution in [2.24, 2.45) is 0 Å². The molecule has 3 aromatic carbocycles. The van der Waals surface area contributed by atoms with Gasteiger partial charge in [0.25, 0.3) is 0 Å². The first-order valence-electron chi connectivity index (χ1n) is 9.91. The quantitative estimate of drug-likeness (QED) is 0.265. The number of carbonyl (C=O) groups is 1. The van der Waals surface area contributed by atoms with Crippen LogP contribution in [0.4, 0.5) is 13.2 Å². The third-order valence-electron chi connectivity index (χ3n) is 5.04. The Hall–Kier alpha value is -3.59. The molecular formula is C25H16BrF3O5. The summed E-state index contributed by atoms with van der Waals surface area (Å²) in [6.07, 6.45) is -4.92. The standard InChI is InChI=1S/C25H16BrF3O5/c1-32-17-8-4-15(5-9-17)22-23(31)19-11-10-18(12-21(19)34-24(22)25(27,28)29)33-13-20(30)14-2-6-16(26)7-3-14/h2-12H,13H2,1H3.